The van der Waals surface area contributed by atoms with Gasteiger partial charge in [0.15, 0.2) is 0 Å². The van der Waals surface area contributed by atoms with Crippen LogP contribution in [0.15, 0.2) is 24.5 Å². The van der Waals surface area contributed by atoms with Crippen LogP contribution in [0, 0.1) is 24.0 Å². The zero-order valence-electron chi connectivity index (χ0n) is 11.0. The lowest BCUT2D eigenvalue weighted by molar-refractivity contribution is -0.384. The number of hydrogen-bond donors (Lipinski definition) is 1. The first-order valence-electron chi connectivity index (χ1n) is 5.89. The van der Waals surface area contributed by atoms with Crippen LogP contribution in [0.25, 0.3) is 5.69 Å². The Morgan fingerprint density at radius 2 is 2.11 bits per heavy atom. The summed E-state index contributed by atoms with van der Waals surface area (Å²) >= 11 is 0. The molecule has 2 aromatic rings. The Hall–Kier alpha value is -2.21. The lowest BCUT2D eigenvalue weighted by Crippen LogP contribution is -2.03. The third-order valence-corrected chi connectivity index (χ3v) is 3.19. The van der Waals surface area contributed by atoms with Gasteiger partial charge >= 0.3 is 0 Å². The quantitative estimate of drug-likeness (QED) is 0.679. The molecule has 1 heterocycles. The molecule has 1 aromatic heterocycles. The maximum atomic E-state index is 11.2. The molecule has 1 atom stereocenters. The van der Waals surface area contributed by atoms with Gasteiger partial charge in [0.1, 0.15) is 5.69 Å². The van der Waals surface area contributed by atoms with E-state index in [0.29, 0.717) is 11.3 Å². The number of aromatic nitrogens is 2. The molecule has 0 unspecified atom stereocenters. The number of nitrogens with zero attached hydrogens (tertiary/aromatic N) is 3. The number of nitro benzene ring substituents is 1. The minimum atomic E-state index is -0.738. The van der Waals surface area contributed by atoms with Gasteiger partial charge in [-0.1, -0.05) is 6.07 Å². The van der Waals surface area contributed by atoms with Gasteiger partial charge in [-0.25, -0.2) is 4.98 Å². The Morgan fingerprint density at radius 1 is 1.42 bits per heavy atom. The summed E-state index contributed by atoms with van der Waals surface area (Å²) in [5.41, 5.74) is 2.61. The maximum Gasteiger partial charge on any atom is 0.293 e. The Labute approximate surface area is 110 Å². The molecule has 0 aliphatic carbocycles. The van der Waals surface area contributed by atoms with Crippen LogP contribution in [0.2, 0.25) is 0 Å². The number of hydrogen-bond acceptors (Lipinski definition) is 4. The van der Waals surface area contributed by atoms with Gasteiger partial charge in [0.2, 0.25) is 0 Å². The molecule has 1 N–H and O–H groups in total. The molecule has 0 saturated heterocycles. The summed E-state index contributed by atoms with van der Waals surface area (Å²) in [4.78, 5) is 14.9. The fourth-order valence-corrected chi connectivity index (χ4v) is 1.89. The van der Waals surface area contributed by atoms with Gasteiger partial charge in [0.25, 0.3) is 5.69 Å². The standard InChI is InChI=1S/C13H15N3O3/c1-8-9(2)15(7-14-8)12-5-4-11(10(3)17)6-13(12)16(18)19/h4-7,10,17H,1-3H3/t10-/m0/s1. The number of nitro groups is 1. The molecule has 2 rings (SSSR count). The van der Waals surface area contributed by atoms with Crippen LogP contribution < -0.4 is 0 Å². The zero-order chi connectivity index (χ0) is 14.2. The second kappa shape index (κ2) is 4.81. The van der Waals surface area contributed by atoms with E-state index < -0.39 is 11.0 Å². The largest absolute Gasteiger partial charge is 0.389 e. The van der Waals surface area contributed by atoms with Crippen molar-refractivity contribution in [2.75, 3.05) is 0 Å². The third-order valence-electron chi connectivity index (χ3n) is 3.19. The average Bonchev–Trinajstić information content (AvgIpc) is 2.69. The summed E-state index contributed by atoms with van der Waals surface area (Å²) in [6.45, 7) is 5.28. The highest BCUT2D eigenvalue weighted by atomic mass is 16.6. The molecule has 6 heteroatoms. The van der Waals surface area contributed by atoms with Crippen molar-refractivity contribution in [1.29, 1.82) is 0 Å². The summed E-state index contributed by atoms with van der Waals surface area (Å²) in [6.07, 6.45) is 0.827. The smallest absolute Gasteiger partial charge is 0.293 e. The van der Waals surface area contributed by atoms with Gasteiger partial charge in [0.05, 0.1) is 23.0 Å². The van der Waals surface area contributed by atoms with E-state index in [2.05, 4.69) is 4.98 Å². The molecule has 0 radical (unpaired) electrons. The van der Waals surface area contributed by atoms with Crippen molar-refractivity contribution in [1.82, 2.24) is 9.55 Å². The van der Waals surface area contributed by atoms with Gasteiger partial charge in [-0.2, -0.15) is 0 Å². The van der Waals surface area contributed by atoms with Crippen LogP contribution >= 0.6 is 0 Å². The second-order valence-electron chi connectivity index (χ2n) is 4.47. The normalized spacial score (nSPS) is 12.4. The van der Waals surface area contributed by atoms with Crippen LogP contribution in [0.3, 0.4) is 0 Å². The molecule has 0 spiro atoms. The minimum Gasteiger partial charge on any atom is -0.389 e. The summed E-state index contributed by atoms with van der Waals surface area (Å²) in [5.74, 6) is 0. The lowest BCUT2D eigenvalue weighted by Gasteiger charge is -2.09. The van der Waals surface area contributed by atoms with Gasteiger partial charge in [-0.3, -0.25) is 14.7 Å². The highest BCUT2D eigenvalue weighted by Gasteiger charge is 2.19. The molecule has 6 nitrogen and oxygen atoms in total. The van der Waals surface area contributed by atoms with Crippen molar-refractivity contribution in [3.8, 4) is 5.69 Å². The van der Waals surface area contributed by atoms with Crippen molar-refractivity contribution in [2.45, 2.75) is 26.9 Å². The van der Waals surface area contributed by atoms with E-state index >= 15 is 0 Å². The highest BCUT2D eigenvalue weighted by molar-refractivity contribution is 5.55. The first kappa shape index (κ1) is 13.2. The van der Waals surface area contributed by atoms with Crippen LogP contribution in [-0.2, 0) is 0 Å². The molecule has 100 valence electrons. The van der Waals surface area contributed by atoms with E-state index in [1.807, 2.05) is 13.8 Å². The van der Waals surface area contributed by atoms with Gasteiger partial charge in [-0.05, 0) is 32.4 Å². The number of aliphatic hydroxyl groups excluding tert-OH is 1. The van der Waals surface area contributed by atoms with Gasteiger partial charge < -0.3 is 5.11 Å². The number of aryl methyl sites for hydroxylation is 1. The van der Waals surface area contributed by atoms with Crippen molar-refractivity contribution in [2.24, 2.45) is 0 Å². The van der Waals surface area contributed by atoms with Crippen molar-refractivity contribution < 1.29 is 10.0 Å². The molecule has 0 aliphatic rings. The first-order valence-corrected chi connectivity index (χ1v) is 5.89. The Bertz CT molecular complexity index is 632. The zero-order valence-corrected chi connectivity index (χ0v) is 11.0. The van der Waals surface area contributed by atoms with E-state index in [9.17, 15) is 15.2 Å². The van der Waals surface area contributed by atoms with Crippen molar-refractivity contribution in [3.63, 3.8) is 0 Å². The topological polar surface area (TPSA) is 81.2 Å². The Morgan fingerprint density at radius 3 is 2.58 bits per heavy atom. The second-order valence-corrected chi connectivity index (χ2v) is 4.47. The minimum absolute atomic E-state index is 0.0427. The van der Waals surface area contributed by atoms with Gasteiger partial charge in [0, 0.05) is 11.8 Å². The molecular formula is C13H15N3O3. The Kier molecular flexibility index (Phi) is 3.35. The van der Waals surface area contributed by atoms with Crippen LogP contribution in [-0.4, -0.2) is 19.6 Å². The molecule has 0 fully saturated rings. The monoisotopic (exact) mass is 261 g/mol. The first-order chi connectivity index (χ1) is 8.91. The molecule has 19 heavy (non-hydrogen) atoms. The average molecular weight is 261 g/mol. The molecule has 0 aliphatic heterocycles. The molecule has 0 amide bonds. The number of benzene rings is 1. The van der Waals surface area contributed by atoms with Crippen LogP contribution in [0.4, 0.5) is 5.69 Å². The lowest BCUT2D eigenvalue weighted by atomic mass is 10.1. The number of rotatable bonds is 3. The van der Waals surface area contributed by atoms with E-state index in [1.165, 1.54) is 6.07 Å². The van der Waals surface area contributed by atoms with E-state index in [-0.39, 0.29) is 5.69 Å². The van der Waals surface area contributed by atoms with Crippen LogP contribution in [0.5, 0.6) is 0 Å². The number of imidazole rings is 1. The fraction of sp³-hybridized carbons (Fsp3) is 0.308. The summed E-state index contributed by atoms with van der Waals surface area (Å²) in [6, 6.07) is 4.71. The van der Waals surface area contributed by atoms with Crippen LogP contribution in [0.1, 0.15) is 30.0 Å². The summed E-state index contributed by atoms with van der Waals surface area (Å²) < 4.78 is 1.68. The van der Waals surface area contributed by atoms with E-state index in [4.69, 9.17) is 0 Å². The van der Waals surface area contributed by atoms with E-state index in [1.54, 1.807) is 30.0 Å². The Balaban J connectivity index is 2.63. The molecule has 0 saturated carbocycles. The SMILES string of the molecule is Cc1ncn(-c2ccc([C@H](C)O)cc2[N+](=O)[O-])c1C. The summed E-state index contributed by atoms with van der Waals surface area (Å²) in [5, 5.41) is 20.7. The maximum absolute atomic E-state index is 11.2. The highest BCUT2D eigenvalue weighted by Crippen LogP contribution is 2.28. The fourth-order valence-electron chi connectivity index (χ4n) is 1.89. The molecular weight excluding hydrogens is 246 g/mol. The predicted octanol–water partition coefficient (Wildman–Crippen LogP) is 2.45. The molecule has 0 bridgehead atoms. The molecule has 1 aromatic carbocycles. The van der Waals surface area contributed by atoms with Gasteiger partial charge in [-0.15, -0.1) is 0 Å². The predicted molar refractivity (Wildman–Crippen MR) is 70.3 cm³/mol. The van der Waals surface area contributed by atoms with Crippen molar-refractivity contribution in [3.05, 3.63) is 51.6 Å². The van der Waals surface area contributed by atoms with Crippen molar-refractivity contribution >= 4 is 5.69 Å². The van der Waals surface area contributed by atoms with E-state index in [0.717, 1.165) is 11.4 Å². The number of aliphatic hydroxyl groups is 1. The third kappa shape index (κ3) is 2.34. The summed E-state index contributed by atoms with van der Waals surface area (Å²) in [7, 11) is 0.